The summed E-state index contributed by atoms with van der Waals surface area (Å²) in [5.41, 5.74) is 2.44. The number of nitrogens with zero attached hydrogens (tertiary/aromatic N) is 1. The normalized spacial score (nSPS) is 20.3. The molecule has 1 atom stereocenters. The van der Waals surface area contributed by atoms with E-state index in [0.29, 0.717) is 0 Å². The standard InChI is InChI=1S/C11H15NO2/c1-12-7-6-8-9(11(13)14-2)4-3-5-10(8)12/h6-7,9H,3-5H2,1-2H3. The van der Waals surface area contributed by atoms with Gasteiger partial charge in [-0.05, 0) is 30.9 Å². The SMILES string of the molecule is COC(=O)C1CCCc2c1ccn2C. The van der Waals surface area contributed by atoms with Crippen LogP contribution in [-0.2, 0) is 23.0 Å². The fourth-order valence-corrected chi connectivity index (χ4v) is 2.24. The molecule has 0 amide bonds. The van der Waals surface area contributed by atoms with Gasteiger partial charge in [0.15, 0.2) is 0 Å². The smallest absolute Gasteiger partial charge is 0.313 e. The van der Waals surface area contributed by atoms with Crippen molar-refractivity contribution >= 4 is 5.97 Å². The molecule has 3 heteroatoms. The highest BCUT2D eigenvalue weighted by atomic mass is 16.5. The Hall–Kier alpha value is -1.25. The summed E-state index contributed by atoms with van der Waals surface area (Å²) < 4.78 is 6.91. The molecule has 0 radical (unpaired) electrons. The molecule has 3 nitrogen and oxygen atoms in total. The van der Waals surface area contributed by atoms with Crippen LogP contribution in [-0.4, -0.2) is 17.6 Å². The maximum absolute atomic E-state index is 11.5. The zero-order chi connectivity index (χ0) is 10.1. The lowest BCUT2D eigenvalue weighted by Crippen LogP contribution is -2.19. The number of rotatable bonds is 1. The van der Waals surface area contributed by atoms with Crippen LogP contribution in [0.15, 0.2) is 12.3 Å². The average molecular weight is 193 g/mol. The van der Waals surface area contributed by atoms with Crippen LogP contribution in [0, 0.1) is 0 Å². The van der Waals surface area contributed by atoms with Crippen molar-refractivity contribution in [3.8, 4) is 0 Å². The van der Waals surface area contributed by atoms with E-state index in [-0.39, 0.29) is 11.9 Å². The summed E-state index contributed by atoms with van der Waals surface area (Å²) in [5.74, 6) is -0.137. The van der Waals surface area contributed by atoms with Gasteiger partial charge < -0.3 is 9.30 Å². The quantitative estimate of drug-likeness (QED) is 0.634. The Balaban J connectivity index is 2.36. The Morgan fingerprint density at radius 1 is 1.64 bits per heavy atom. The molecule has 0 N–H and O–H groups in total. The van der Waals surface area contributed by atoms with E-state index >= 15 is 0 Å². The number of aryl methyl sites for hydroxylation is 1. The second kappa shape index (κ2) is 3.48. The van der Waals surface area contributed by atoms with E-state index in [4.69, 9.17) is 4.74 Å². The summed E-state index contributed by atoms with van der Waals surface area (Å²) in [7, 11) is 3.48. The van der Waals surface area contributed by atoms with E-state index < -0.39 is 0 Å². The van der Waals surface area contributed by atoms with Crippen molar-refractivity contribution in [2.45, 2.75) is 25.2 Å². The van der Waals surface area contributed by atoms with Crippen LogP contribution in [0.2, 0.25) is 0 Å². The number of hydrogen-bond donors (Lipinski definition) is 0. The van der Waals surface area contributed by atoms with Gasteiger partial charge in [-0.15, -0.1) is 0 Å². The minimum atomic E-state index is -0.0999. The van der Waals surface area contributed by atoms with Crippen molar-refractivity contribution in [1.29, 1.82) is 0 Å². The number of carbonyl (C=O) groups excluding carboxylic acids is 1. The van der Waals surface area contributed by atoms with Crippen molar-refractivity contribution in [3.63, 3.8) is 0 Å². The van der Waals surface area contributed by atoms with E-state index in [2.05, 4.69) is 4.57 Å². The highest BCUT2D eigenvalue weighted by Gasteiger charge is 2.28. The van der Waals surface area contributed by atoms with Gasteiger partial charge in [0.1, 0.15) is 0 Å². The summed E-state index contributed by atoms with van der Waals surface area (Å²) in [6.07, 6.45) is 5.09. The molecule has 1 aromatic rings. The van der Waals surface area contributed by atoms with Crippen molar-refractivity contribution in [2.24, 2.45) is 7.05 Å². The number of fused-ring (bicyclic) bond motifs is 1. The summed E-state index contributed by atoms with van der Waals surface area (Å²) in [6.45, 7) is 0. The van der Waals surface area contributed by atoms with Gasteiger partial charge in [0.25, 0.3) is 0 Å². The highest BCUT2D eigenvalue weighted by molar-refractivity contribution is 5.78. The number of ether oxygens (including phenoxy) is 1. The highest BCUT2D eigenvalue weighted by Crippen LogP contribution is 2.32. The first-order valence-electron chi connectivity index (χ1n) is 4.96. The van der Waals surface area contributed by atoms with Crippen LogP contribution in [0.1, 0.15) is 30.0 Å². The molecule has 1 heterocycles. The molecule has 0 saturated heterocycles. The molecule has 1 aromatic heterocycles. The van der Waals surface area contributed by atoms with Gasteiger partial charge in [-0.3, -0.25) is 4.79 Å². The van der Waals surface area contributed by atoms with Crippen molar-refractivity contribution in [2.75, 3.05) is 7.11 Å². The second-order valence-electron chi connectivity index (χ2n) is 3.80. The van der Waals surface area contributed by atoms with E-state index in [0.717, 1.165) is 24.8 Å². The molecule has 0 aromatic carbocycles. The molecule has 1 unspecified atom stereocenters. The van der Waals surface area contributed by atoms with E-state index in [9.17, 15) is 4.79 Å². The van der Waals surface area contributed by atoms with Gasteiger partial charge in [-0.2, -0.15) is 0 Å². The number of esters is 1. The molecule has 14 heavy (non-hydrogen) atoms. The van der Waals surface area contributed by atoms with Crippen LogP contribution in [0.3, 0.4) is 0 Å². The van der Waals surface area contributed by atoms with Gasteiger partial charge >= 0.3 is 5.97 Å². The van der Waals surface area contributed by atoms with Crippen LogP contribution in [0.4, 0.5) is 0 Å². The predicted molar refractivity (Wildman–Crippen MR) is 53.1 cm³/mol. The molecule has 0 fully saturated rings. The molecule has 0 saturated carbocycles. The zero-order valence-electron chi connectivity index (χ0n) is 8.62. The Morgan fingerprint density at radius 3 is 3.14 bits per heavy atom. The van der Waals surface area contributed by atoms with E-state index in [1.54, 1.807) is 0 Å². The maximum atomic E-state index is 11.5. The Bertz CT molecular complexity index is 354. The first kappa shape index (κ1) is 9.31. The van der Waals surface area contributed by atoms with Crippen LogP contribution >= 0.6 is 0 Å². The van der Waals surface area contributed by atoms with E-state index in [1.807, 2.05) is 19.3 Å². The number of methoxy groups -OCH3 is 1. The number of hydrogen-bond acceptors (Lipinski definition) is 2. The summed E-state index contributed by atoms with van der Waals surface area (Å²) in [5, 5.41) is 0. The first-order chi connectivity index (χ1) is 6.74. The third-order valence-corrected chi connectivity index (χ3v) is 3.00. The Labute approximate surface area is 83.7 Å². The lowest BCUT2D eigenvalue weighted by atomic mass is 9.87. The molecular formula is C11H15NO2. The van der Waals surface area contributed by atoms with Crippen LogP contribution in [0.25, 0.3) is 0 Å². The van der Waals surface area contributed by atoms with Gasteiger partial charge in [0.2, 0.25) is 0 Å². The van der Waals surface area contributed by atoms with Gasteiger partial charge in [0.05, 0.1) is 13.0 Å². The van der Waals surface area contributed by atoms with Crippen LogP contribution in [0.5, 0.6) is 0 Å². The summed E-state index contributed by atoms with van der Waals surface area (Å²) in [4.78, 5) is 11.5. The lowest BCUT2D eigenvalue weighted by Gasteiger charge is -2.21. The average Bonchev–Trinajstić information content (AvgIpc) is 2.59. The van der Waals surface area contributed by atoms with Gasteiger partial charge in [0, 0.05) is 18.9 Å². The van der Waals surface area contributed by atoms with Gasteiger partial charge in [-0.1, -0.05) is 0 Å². The predicted octanol–water partition coefficient (Wildman–Crippen LogP) is 1.62. The lowest BCUT2D eigenvalue weighted by molar-refractivity contribution is -0.142. The molecule has 1 aliphatic rings. The third-order valence-electron chi connectivity index (χ3n) is 3.00. The monoisotopic (exact) mass is 193 g/mol. The fourth-order valence-electron chi connectivity index (χ4n) is 2.24. The van der Waals surface area contributed by atoms with Crippen molar-refractivity contribution in [1.82, 2.24) is 4.57 Å². The maximum Gasteiger partial charge on any atom is 0.313 e. The minimum absolute atomic E-state index is 0.0371. The topological polar surface area (TPSA) is 31.2 Å². The summed E-state index contributed by atoms with van der Waals surface area (Å²) in [6, 6.07) is 2.04. The molecule has 76 valence electrons. The third kappa shape index (κ3) is 1.33. The molecule has 0 bridgehead atoms. The molecule has 2 rings (SSSR count). The second-order valence-corrected chi connectivity index (χ2v) is 3.80. The minimum Gasteiger partial charge on any atom is -0.469 e. The molecule has 1 aliphatic carbocycles. The summed E-state index contributed by atoms with van der Waals surface area (Å²) >= 11 is 0. The van der Waals surface area contributed by atoms with Crippen molar-refractivity contribution in [3.05, 3.63) is 23.5 Å². The largest absolute Gasteiger partial charge is 0.469 e. The molecule has 0 aliphatic heterocycles. The van der Waals surface area contributed by atoms with E-state index in [1.165, 1.54) is 12.8 Å². The van der Waals surface area contributed by atoms with Crippen molar-refractivity contribution < 1.29 is 9.53 Å². The van der Waals surface area contributed by atoms with Gasteiger partial charge in [-0.25, -0.2) is 0 Å². The first-order valence-corrected chi connectivity index (χ1v) is 4.96. The molecular weight excluding hydrogens is 178 g/mol. The van der Waals surface area contributed by atoms with Crippen LogP contribution < -0.4 is 0 Å². The molecule has 0 spiro atoms. The number of carbonyl (C=O) groups is 1. The Morgan fingerprint density at radius 2 is 2.43 bits per heavy atom. The number of aromatic nitrogens is 1. The Kier molecular flexibility index (Phi) is 2.32. The fraction of sp³-hybridized carbons (Fsp3) is 0.545. The zero-order valence-corrected chi connectivity index (χ0v) is 8.62.